The van der Waals surface area contributed by atoms with Gasteiger partial charge in [0.2, 0.25) is 5.91 Å². The van der Waals surface area contributed by atoms with Crippen molar-refractivity contribution in [2.75, 3.05) is 0 Å². The fourth-order valence-corrected chi connectivity index (χ4v) is 1.01. The molecule has 1 atom stereocenters. The lowest BCUT2D eigenvalue weighted by atomic mass is 9.63. The molecule has 14 heavy (non-hydrogen) atoms. The van der Waals surface area contributed by atoms with Gasteiger partial charge >= 0.3 is 5.97 Å². The Morgan fingerprint density at radius 1 is 1.21 bits per heavy atom. The fraction of sp³-hybridized carbons (Fsp3) is 0.778. The van der Waals surface area contributed by atoms with E-state index in [0.29, 0.717) is 0 Å². The van der Waals surface area contributed by atoms with Gasteiger partial charge in [-0.2, -0.15) is 0 Å². The van der Waals surface area contributed by atoms with Crippen molar-refractivity contribution in [3.63, 3.8) is 0 Å². The van der Waals surface area contributed by atoms with Crippen molar-refractivity contribution in [2.24, 2.45) is 22.3 Å². The molecule has 0 rings (SSSR count). The predicted octanol–water partition coefficient (Wildman–Crippen LogP) is -0.0640. The van der Waals surface area contributed by atoms with Gasteiger partial charge in [-0.3, -0.25) is 9.59 Å². The first-order chi connectivity index (χ1) is 6.05. The van der Waals surface area contributed by atoms with Crippen molar-refractivity contribution in [3.8, 4) is 0 Å². The molecule has 1 unspecified atom stereocenters. The van der Waals surface area contributed by atoms with Crippen molar-refractivity contribution in [3.05, 3.63) is 0 Å². The molecule has 0 aromatic carbocycles. The summed E-state index contributed by atoms with van der Waals surface area (Å²) in [7, 11) is 0. The summed E-state index contributed by atoms with van der Waals surface area (Å²) in [5.74, 6) is -1.69. The maximum atomic E-state index is 11.2. The number of carboxylic acid groups (broad SMARTS) is 1. The van der Waals surface area contributed by atoms with Crippen LogP contribution in [0.5, 0.6) is 0 Å². The second-order valence-corrected chi connectivity index (χ2v) is 4.53. The van der Waals surface area contributed by atoms with Crippen molar-refractivity contribution in [2.45, 2.75) is 33.7 Å². The van der Waals surface area contributed by atoms with E-state index in [4.69, 9.17) is 16.6 Å². The average Bonchev–Trinajstić information content (AvgIpc) is 2.01. The highest BCUT2D eigenvalue weighted by Gasteiger charge is 2.48. The third kappa shape index (κ3) is 1.87. The third-order valence-corrected chi connectivity index (χ3v) is 3.27. The van der Waals surface area contributed by atoms with Crippen molar-refractivity contribution in [1.82, 2.24) is 0 Å². The van der Waals surface area contributed by atoms with Gasteiger partial charge in [-0.15, -0.1) is 0 Å². The Labute approximate surface area is 83.5 Å². The van der Waals surface area contributed by atoms with Gasteiger partial charge in [0.15, 0.2) is 0 Å². The summed E-state index contributed by atoms with van der Waals surface area (Å²) in [5.41, 5.74) is 8.85. The van der Waals surface area contributed by atoms with Crippen LogP contribution in [0.3, 0.4) is 0 Å². The minimum absolute atomic E-state index is 0.556. The lowest BCUT2D eigenvalue weighted by Gasteiger charge is -2.41. The number of aliphatic carboxylic acids is 1. The van der Waals surface area contributed by atoms with E-state index in [1.54, 1.807) is 27.7 Å². The van der Waals surface area contributed by atoms with E-state index in [0.717, 1.165) is 0 Å². The van der Waals surface area contributed by atoms with Gasteiger partial charge in [0.1, 0.15) is 6.04 Å². The highest BCUT2D eigenvalue weighted by molar-refractivity contribution is 5.83. The number of rotatable bonds is 4. The highest BCUT2D eigenvalue weighted by atomic mass is 16.4. The van der Waals surface area contributed by atoms with Crippen LogP contribution in [0.1, 0.15) is 27.7 Å². The molecule has 82 valence electrons. The van der Waals surface area contributed by atoms with Gasteiger partial charge in [0.25, 0.3) is 0 Å². The molecule has 0 aliphatic heterocycles. The third-order valence-electron chi connectivity index (χ3n) is 3.27. The van der Waals surface area contributed by atoms with Gasteiger partial charge in [-0.05, 0) is 0 Å². The summed E-state index contributed by atoms with van der Waals surface area (Å²) in [6, 6.07) is -1.12. The fourth-order valence-electron chi connectivity index (χ4n) is 1.01. The van der Waals surface area contributed by atoms with E-state index in [1.807, 2.05) is 0 Å². The van der Waals surface area contributed by atoms with Gasteiger partial charge in [0.05, 0.1) is 5.41 Å². The molecular formula is C9H18N2O3. The largest absolute Gasteiger partial charge is 0.480 e. The van der Waals surface area contributed by atoms with Crippen LogP contribution in [-0.2, 0) is 9.59 Å². The standard InChI is InChI=1S/C9H18N2O3/c1-8(2,5(10)6(12)13)9(3,4)7(11)14/h5H,10H2,1-4H3,(H2,11,14)(H,12,13). The smallest absolute Gasteiger partial charge is 0.321 e. The Balaban J connectivity index is 5.13. The first kappa shape index (κ1) is 12.9. The van der Waals surface area contributed by atoms with Crippen LogP contribution >= 0.6 is 0 Å². The van der Waals surface area contributed by atoms with Crippen molar-refractivity contribution in [1.29, 1.82) is 0 Å². The zero-order valence-electron chi connectivity index (χ0n) is 9.00. The summed E-state index contributed by atoms with van der Waals surface area (Å²) < 4.78 is 0. The molecule has 5 nitrogen and oxygen atoms in total. The maximum absolute atomic E-state index is 11.2. The number of hydrogen-bond acceptors (Lipinski definition) is 3. The number of nitrogens with two attached hydrogens (primary N) is 2. The van der Waals surface area contributed by atoms with Gasteiger partial charge < -0.3 is 16.6 Å². The lowest BCUT2D eigenvalue weighted by Crippen LogP contribution is -2.56. The lowest BCUT2D eigenvalue weighted by molar-refractivity contribution is -0.146. The van der Waals surface area contributed by atoms with Crippen LogP contribution in [0, 0.1) is 10.8 Å². The quantitative estimate of drug-likeness (QED) is 0.593. The van der Waals surface area contributed by atoms with Crippen LogP contribution in [0.15, 0.2) is 0 Å². The zero-order chi connectivity index (χ0) is 11.7. The van der Waals surface area contributed by atoms with Gasteiger partial charge in [-0.25, -0.2) is 0 Å². The van der Waals surface area contributed by atoms with Crippen molar-refractivity contribution < 1.29 is 14.7 Å². The molecule has 0 aromatic rings. The number of primary amides is 1. The Bertz CT molecular complexity index is 259. The second-order valence-electron chi connectivity index (χ2n) is 4.53. The molecule has 0 radical (unpaired) electrons. The number of hydrogen-bond donors (Lipinski definition) is 3. The minimum atomic E-state index is -1.13. The van der Waals surface area contributed by atoms with Crippen LogP contribution in [0.4, 0.5) is 0 Å². The first-order valence-electron chi connectivity index (χ1n) is 4.33. The summed E-state index contributed by atoms with van der Waals surface area (Å²) >= 11 is 0. The summed E-state index contributed by atoms with van der Waals surface area (Å²) in [5, 5.41) is 8.79. The molecule has 0 saturated carbocycles. The molecular weight excluding hydrogens is 184 g/mol. The second kappa shape index (κ2) is 3.57. The van der Waals surface area contributed by atoms with Crippen LogP contribution in [0.25, 0.3) is 0 Å². The Morgan fingerprint density at radius 2 is 1.57 bits per heavy atom. The molecule has 0 aromatic heterocycles. The average molecular weight is 202 g/mol. The molecule has 5 heteroatoms. The van der Waals surface area contributed by atoms with Gasteiger partial charge in [-0.1, -0.05) is 27.7 Å². The molecule has 0 aliphatic rings. The van der Waals surface area contributed by atoms with Crippen LogP contribution in [0.2, 0.25) is 0 Å². The molecule has 0 fully saturated rings. The van der Waals surface area contributed by atoms with E-state index in [2.05, 4.69) is 0 Å². The van der Waals surface area contributed by atoms with Crippen molar-refractivity contribution >= 4 is 11.9 Å². The first-order valence-corrected chi connectivity index (χ1v) is 4.33. The number of carbonyl (C=O) groups excluding carboxylic acids is 1. The normalized spacial score (nSPS) is 14.9. The van der Waals surface area contributed by atoms with Crippen LogP contribution in [-0.4, -0.2) is 23.0 Å². The molecule has 0 bridgehead atoms. The SMILES string of the molecule is CC(C)(C(N)=O)C(C)(C)C(N)C(=O)O. The molecule has 0 aliphatic carbocycles. The molecule has 0 saturated heterocycles. The van der Waals surface area contributed by atoms with E-state index in [-0.39, 0.29) is 0 Å². The summed E-state index contributed by atoms with van der Waals surface area (Å²) in [6.45, 7) is 6.43. The molecule has 0 heterocycles. The number of carboxylic acids is 1. The number of amides is 1. The molecule has 0 spiro atoms. The van der Waals surface area contributed by atoms with E-state index in [1.165, 1.54) is 0 Å². The summed E-state index contributed by atoms with van der Waals surface area (Å²) in [4.78, 5) is 21.9. The Kier molecular flexibility index (Phi) is 3.29. The predicted molar refractivity (Wildman–Crippen MR) is 52.4 cm³/mol. The molecule has 1 amide bonds. The zero-order valence-corrected chi connectivity index (χ0v) is 9.00. The van der Waals surface area contributed by atoms with Crippen LogP contribution < -0.4 is 11.5 Å². The topological polar surface area (TPSA) is 106 Å². The van der Waals surface area contributed by atoms with E-state index in [9.17, 15) is 9.59 Å². The number of carbonyl (C=O) groups is 2. The summed E-state index contributed by atoms with van der Waals surface area (Å²) in [6.07, 6.45) is 0. The maximum Gasteiger partial charge on any atom is 0.321 e. The van der Waals surface area contributed by atoms with E-state index < -0.39 is 28.7 Å². The Morgan fingerprint density at radius 3 is 1.79 bits per heavy atom. The monoisotopic (exact) mass is 202 g/mol. The van der Waals surface area contributed by atoms with E-state index >= 15 is 0 Å². The van der Waals surface area contributed by atoms with Gasteiger partial charge in [0, 0.05) is 5.41 Å². The Hall–Kier alpha value is -1.10. The minimum Gasteiger partial charge on any atom is -0.480 e. The highest BCUT2D eigenvalue weighted by Crippen LogP contribution is 2.40. The molecule has 5 N–H and O–H groups in total.